The third-order valence-corrected chi connectivity index (χ3v) is 12.8. The summed E-state index contributed by atoms with van der Waals surface area (Å²) in [7, 11) is 0. The van der Waals surface area contributed by atoms with E-state index in [1.54, 1.807) is 12.4 Å². The monoisotopic (exact) mass is 926 g/mol. The molecule has 6 aromatic heterocycles. The van der Waals surface area contributed by atoms with Crippen LogP contribution in [0, 0.1) is 0 Å². The molecule has 14 rings (SSSR count). The maximum Gasteiger partial charge on any atom is 0.164 e. The molecule has 0 saturated heterocycles. The van der Waals surface area contributed by atoms with Crippen molar-refractivity contribution in [2.24, 2.45) is 0 Å². The van der Waals surface area contributed by atoms with Gasteiger partial charge in [0.2, 0.25) is 0 Å². The van der Waals surface area contributed by atoms with Crippen LogP contribution in [0.2, 0.25) is 0 Å². The number of hydrogen-bond acceptors (Lipinski definition) is 6. The molecule has 0 amide bonds. The minimum Gasteiger partial charge on any atom is -0.292 e. The van der Waals surface area contributed by atoms with E-state index in [1.165, 1.54) is 0 Å². The highest BCUT2D eigenvalue weighted by molar-refractivity contribution is 5.86. The Morgan fingerprint density at radius 2 is 0.486 bits per heavy atom. The van der Waals surface area contributed by atoms with Gasteiger partial charge in [0.05, 0.1) is 22.1 Å². The highest BCUT2D eigenvalue weighted by atomic mass is 15.1. The van der Waals surface area contributed by atoms with E-state index in [-0.39, 0.29) is 0 Å². The van der Waals surface area contributed by atoms with Crippen LogP contribution in [0.3, 0.4) is 0 Å². The zero-order chi connectivity index (χ0) is 47.8. The van der Waals surface area contributed by atoms with Gasteiger partial charge in [-0.3, -0.25) is 18.3 Å². The number of aromatic nitrogens is 10. The summed E-state index contributed by atoms with van der Waals surface area (Å²) < 4.78 is 8.66. The average molecular weight is 927 g/mol. The molecule has 0 spiro atoms. The van der Waals surface area contributed by atoms with Crippen molar-refractivity contribution in [3.8, 4) is 68.3 Å². The third kappa shape index (κ3) is 7.56. The van der Waals surface area contributed by atoms with E-state index < -0.39 is 0 Å². The van der Waals surface area contributed by atoms with Gasteiger partial charge in [0.15, 0.2) is 11.3 Å². The Bertz CT molecular complexity index is 3630. The first-order valence-corrected chi connectivity index (χ1v) is 23.8. The largest absolute Gasteiger partial charge is 0.292 e. The van der Waals surface area contributed by atoms with Crippen LogP contribution >= 0.6 is 0 Å². The van der Waals surface area contributed by atoms with Crippen molar-refractivity contribution >= 4 is 44.4 Å². The fraction of sp³-hybridized carbons (Fsp3) is 0. The van der Waals surface area contributed by atoms with Crippen LogP contribution < -0.4 is 0 Å². The summed E-state index contributed by atoms with van der Waals surface area (Å²) in [5, 5.41) is 0. The van der Waals surface area contributed by atoms with Crippen molar-refractivity contribution in [1.29, 1.82) is 0 Å². The van der Waals surface area contributed by atoms with E-state index in [9.17, 15) is 0 Å². The number of rotatable bonds is 8. The molecule has 0 atom stereocenters. The molecule has 0 saturated carbocycles. The number of benzene rings is 8. The van der Waals surface area contributed by atoms with Gasteiger partial charge in [-0.05, 0) is 97.1 Å². The maximum atomic E-state index is 5.00. The predicted octanol–water partition coefficient (Wildman–Crippen LogP) is 14.2. The fourth-order valence-corrected chi connectivity index (χ4v) is 9.51. The number of hydrogen-bond donors (Lipinski definition) is 0. The van der Waals surface area contributed by atoms with Gasteiger partial charge in [-0.2, -0.15) is 0 Å². The van der Waals surface area contributed by atoms with Crippen LogP contribution in [0.1, 0.15) is 0 Å². The molecule has 0 aliphatic rings. The van der Waals surface area contributed by atoms with Crippen molar-refractivity contribution in [2.75, 3.05) is 0 Å². The van der Waals surface area contributed by atoms with E-state index in [4.69, 9.17) is 19.9 Å². The van der Waals surface area contributed by atoms with Crippen molar-refractivity contribution in [3.63, 3.8) is 0 Å². The molecule has 14 aromatic rings. The molecule has 0 fully saturated rings. The van der Waals surface area contributed by atoms with Crippen LogP contribution in [-0.2, 0) is 0 Å². The molecule has 0 radical (unpaired) electrons. The standard InChI is InChI=1S/C32H22N4.C30H20N6/c1-3-11-25(12-4-1)35-29-17-9-7-15-27(29)33-31(35)23-19-21-24(22-20-23)32-34-28-16-8-10-18-30(28)36(32)26-13-5-2-6-14-26;1-3-9-23(10-4-1)35-27(33-25-13-7-19-31-29(25)35)21-15-17-22(18-16-21)28-34-26-14-8-20-32-30(26)36(28)24-11-5-2-6-12-24/h1-22H;1-20H. The Morgan fingerprint density at radius 1 is 0.222 bits per heavy atom. The second kappa shape index (κ2) is 18.1. The van der Waals surface area contributed by atoms with Crippen LogP contribution in [0.25, 0.3) is 113 Å². The summed E-state index contributed by atoms with van der Waals surface area (Å²) in [6.45, 7) is 0. The van der Waals surface area contributed by atoms with Crippen molar-refractivity contribution in [3.05, 3.63) is 255 Å². The molecule has 10 heteroatoms. The Balaban J connectivity index is 0.000000140. The van der Waals surface area contributed by atoms with Gasteiger partial charge in [0.25, 0.3) is 0 Å². The number of para-hydroxylation sites is 8. The first-order chi connectivity index (χ1) is 35.7. The summed E-state index contributed by atoms with van der Waals surface area (Å²) in [6.07, 6.45) is 3.61. The Kier molecular flexibility index (Phi) is 10.6. The molecule has 0 N–H and O–H groups in total. The lowest BCUT2D eigenvalue weighted by molar-refractivity contribution is 1.07. The molecule has 0 unspecified atom stereocenters. The summed E-state index contributed by atoms with van der Waals surface area (Å²) in [5.74, 6) is 3.54. The molecule has 0 bridgehead atoms. The second-order valence-electron chi connectivity index (χ2n) is 17.2. The van der Waals surface area contributed by atoms with Crippen LogP contribution in [-0.4, -0.2) is 48.2 Å². The van der Waals surface area contributed by atoms with Crippen molar-refractivity contribution in [2.45, 2.75) is 0 Å². The molecule has 0 aliphatic heterocycles. The van der Waals surface area contributed by atoms with E-state index in [1.807, 2.05) is 84.9 Å². The van der Waals surface area contributed by atoms with Crippen LogP contribution in [0.4, 0.5) is 0 Å². The topological polar surface area (TPSA) is 97.1 Å². The normalized spacial score (nSPS) is 11.3. The van der Waals surface area contributed by atoms with Gasteiger partial charge in [-0.25, -0.2) is 29.9 Å². The summed E-state index contributed by atoms with van der Waals surface area (Å²) >= 11 is 0. The molecule has 6 heterocycles. The smallest absolute Gasteiger partial charge is 0.164 e. The molecule has 10 nitrogen and oxygen atoms in total. The Labute approximate surface area is 414 Å². The van der Waals surface area contributed by atoms with Crippen molar-refractivity contribution in [1.82, 2.24) is 48.2 Å². The predicted molar refractivity (Wildman–Crippen MR) is 289 cm³/mol. The van der Waals surface area contributed by atoms with Gasteiger partial charge >= 0.3 is 0 Å². The van der Waals surface area contributed by atoms with E-state index in [0.29, 0.717) is 0 Å². The van der Waals surface area contributed by atoms with Gasteiger partial charge < -0.3 is 0 Å². The first-order valence-electron chi connectivity index (χ1n) is 23.8. The zero-order valence-corrected chi connectivity index (χ0v) is 38.7. The zero-order valence-electron chi connectivity index (χ0n) is 38.7. The van der Waals surface area contributed by atoms with Crippen LogP contribution in [0.5, 0.6) is 0 Å². The van der Waals surface area contributed by atoms with E-state index in [0.717, 1.165) is 113 Å². The average Bonchev–Trinajstić information content (AvgIpc) is 4.25. The third-order valence-electron chi connectivity index (χ3n) is 12.8. The lowest BCUT2D eigenvalue weighted by Gasteiger charge is -2.11. The molecule has 0 aliphatic carbocycles. The fourth-order valence-electron chi connectivity index (χ4n) is 9.51. The minimum atomic E-state index is 0.833. The highest BCUT2D eigenvalue weighted by Crippen LogP contribution is 2.35. The van der Waals surface area contributed by atoms with Gasteiger partial charge in [0, 0.05) is 57.4 Å². The highest BCUT2D eigenvalue weighted by Gasteiger charge is 2.20. The van der Waals surface area contributed by atoms with E-state index in [2.05, 4.69) is 186 Å². The van der Waals surface area contributed by atoms with E-state index >= 15 is 0 Å². The number of imidazole rings is 4. The lowest BCUT2D eigenvalue weighted by atomic mass is 10.1. The molecule has 72 heavy (non-hydrogen) atoms. The Hall–Kier alpha value is -10.1. The number of pyridine rings is 2. The summed E-state index contributed by atoms with van der Waals surface area (Å²) in [6, 6.07) is 82.5. The first kappa shape index (κ1) is 42.1. The SMILES string of the molecule is c1ccc(-n2c(-c3ccc(-c4nc5ccccc5n4-c4ccccc4)cc3)nc3ccccc32)cc1.c1ccc(-n2c(-c3ccc(-c4nc5cccnc5n4-c4ccccc4)cc3)nc3cccnc32)cc1. The minimum absolute atomic E-state index is 0.833. The quantitative estimate of drug-likeness (QED) is 0.151. The second-order valence-corrected chi connectivity index (χ2v) is 17.2. The number of nitrogens with zero attached hydrogens (tertiary/aromatic N) is 10. The van der Waals surface area contributed by atoms with Gasteiger partial charge in [-0.15, -0.1) is 0 Å². The molecule has 8 aromatic carbocycles. The Morgan fingerprint density at radius 3 is 0.833 bits per heavy atom. The molecular formula is C62H42N10. The van der Waals surface area contributed by atoms with Crippen LogP contribution in [0.15, 0.2) is 255 Å². The maximum absolute atomic E-state index is 5.00. The molecule has 340 valence electrons. The lowest BCUT2D eigenvalue weighted by Crippen LogP contribution is -1.99. The van der Waals surface area contributed by atoms with Gasteiger partial charge in [0.1, 0.15) is 34.3 Å². The number of fused-ring (bicyclic) bond motifs is 4. The summed E-state index contributed by atoms with van der Waals surface area (Å²) in [4.78, 5) is 29.1. The molecular weight excluding hydrogens is 885 g/mol. The summed E-state index contributed by atoms with van der Waals surface area (Å²) in [5.41, 5.74) is 15.9. The van der Waals surface area contributed by atoms with Crippen molar-refractivity contribution < 1.29 is 0 Å². The van der Waals surface area contributed by atoms with Gasteiger partial charge in [-0.1, -0.05) is 146 Å².